The van der Waals surface area contributed by atoms with Crippen molar-refractivity contribution in [1.29, 1.82) is 0 Å². The van der Waals surface area contributed by atoms with Crippen molar-refractivity contribution in [3.05, 3.63) is 29.7 Å². The van der Waals surface area contributed by atoms with E-state index >= 15 is 0 Å². The molecule has 5 heteroatoms. The molecule has 0 spiro atoms. The van der Waals surface area contributed by atoms with Gasteiger partial charge in [0, 0.05) is 0 Å². The third-order valence-electron chi connectivity index (χ3n) is 2.67. The monoisotopic (exact) mass is 310 g/mol. The Morgan fingerprint density at radius 1 is 1.44 bits per heavy atom. The SMILES string of the molecule is CCC(Br)c1nc(-c2ccc(C)cc2OC)no1. The van der Waals surface area contributed by atoms with Crippen molar-refractivity contribution in [1.82, 2.24) is 10.1 Å². The highest BCUT2D eigenvalue weighted by atomic mass is 79.9. The van der Waals surface area contributed by atoms with E-state index in [1.54, 1.807) is 7.11 Å². The van der Waals surface area contributed by atoms with Crippen molar-refractivity contribution >= 4 is 15.9 Å². The summed E-state index contributed by atoms with van der Waals surface area (Å²) in [4.78, 5) is 4.48. The first-order valence-corrected chi connectivity index (χ1v) is 6.70. The number of nitrogens with zero attached hydrogens (tertiary/aromatic N) is 2. The zero-order chi connectivity index (χ0) is 13.1. The van der Waals surface area contributed by atoms with Crippen LogP contribution in [0.4, 0.5) is 0 Å². The number of aryl methyl sites for hydroxylation is 1. The summed E-state index contributed by atoms with van der Waals surface area (Å²) in [6.07, 6.45) is 0.896. The van der Waals surface area contributed by atoms with Crippen molar-refractivity contribution < 1.29 is 9.26 Å². The first-order valence-electron chi connectivity index (χ1n) is 5.78. The van der Waals surface area contributed by atoms with Crippen LogP contribution in [0.2, 0.25) is 0 Å². The maximum Gasteiger partial charge on any atom is 0.240 e. The molecule has 18 heavy (non-hydrogen) atoms. The van der Waals surface area contributed by atoms with Crippen LogP contribution in [0.3, 0.4) is 0 Å². The van der Waals surface area contributed by atoms with Crippen LogP contribution in [0.5, 0.6) is 5.75 Å². The summed E-state index contributed by atoms with van der Waals surface area (Å²) in [6, 6.07) is 5.90. The predicted octanol–water partition coefficient (Wildman–Crippen LogP) is 3.90. The van der Waals surface area contributed by atoms with Crippen molar-refractivity contribution in [2.45, 2.75) is 25.1 Å². The summed E-state index contributed by atoms with van der Waals surface area (Å²) in [6.45, 7) is 4.06. The number of ether oxygens (including phenoxy) is 1. The molecule has 2 aromatic rings. The van der Waals surface area contributed by atoms with Crippen molar-refractivity contribution in [2.24, 2.45) is 0 Å². The highest BCUT2D eigenvalue weighted by Gasteiger charge is 2.17. The number of rotatable bonds is 4. The Morgan fingerprint density at radius 2 is 2.22 bits per heavy atom. The Balaban J connectivity index is 2.39. The molecule has 0 amide bonds. The van der Waals surface area contributed by atoms with E-state index in [1.807, 2.05) is 25.1 Å². The first-order chi connectivity index (χ1) is 8.65. The van der Waals surface area contributed by atoms with Gasteiger partial charge < -0.3 is 9.26 Å². The largest absolute Gasteiger partial charge is 0.496 e. The summed E-state index contributed by atoms with van der Waals surface area (Å²) in [5.41, 5.74) is 1.97. The molecule has 0 aliphatic carbocycles. The lowest BCUT2D eigenvalue weighted by Gasteiger charge is -2.05. The fourth-order valence-corrected chi connectivity index (χ4v) is 1.82. The summed E-state index contributed by atoms with van der Waals surface area (Å²) in [7, 11) is 1.64. The fraction of sp³-hybridized carbons (Fsp3) is 0.385. The maximum absolute atomic E-state index is 5.34. The molecule has 0 aliphatic rings. The Morgan fingerprint density at radius 3 is 2.89 bits per heavy atom. The molecule has 0 bridgehead atoms. The first kappa shape index (κ1) is 13.1. The second-order valence-electron chi connectivity index (χ2n) is 4.04. The van der Waals surface area contributed by atoms with Crippen LogP contribution in [0.25, 0.3) is 11.4 Å². The highest BCUT2D eigenvalue weighted by Crippen LogP contribution is 2.31. The van der Waals surface area contributed by atoms with E-state index in [1.165, 1.54) is 0 Å². The van der Waals surface area contributed by atoms with E-state index < -0.39 is 0 Å². The van der Waals surface area contributed by atoms with Crippen LogP contribution in [0.15, 0.2) is 22.7 Å². The molecule has 0 saturated heterocycles. The van der Waals surface area contributed by atoms with E-state index in [-0.39, 0.29) is 4.83 Å². The molecule has 0 saturated carbocycles. The zero-order valence-corrected chi connectivity index (χ0v) is 12.2. The second-order valence-corrected chi connectivity index (χ2v) is 5.14. The molecular formula is C13H15BrN2O2. The van der Waals surface area contributed by atoms with Gasteiger partial charge in [0.1, 0.15) is 5.75 Å². The van der Waals surface area contributed by atoms with Gasteiger partial charge in [0.2, 0.25) is 11.7 Å². The van der Waals surface area contributed by atoms with Crippen LogP contribution < -0.4 is 4.74 Å². The molecule has 0 N–H and O–H groups in total. The predicted molar refractivity (Wildman–Crippen MR) is 73.0 cm³/mol. The number of halogens is 1. The van der Waals surface area contributed by atoms with E-state index in [0.717, 1.165) is 23.3 Å². The number of methoxy groups -OCH3 is 1. The van der Waals surface area contributed by atoms with Crippen LogP contribution in [-0.2, 0) is 0 Å². The molecule has 0 radical (unpaired) electrons. The van der Waals surface area contributed by atoms with Gasteiger partial charge in [-0.3, -0.25) is 0 Å². The molecular weight excluding hydrogens is 296 g/mol. The Bertz CT molecular complexity index is 540. The minimum absolute atomic E-state index is 0.0928. The summed E-state index contributed by atoms with van der Waals surface area (Å²) in [5.74, 6) is 1.90. The molecule has 96 valence electrons. The molecule has 1 heterocycles. The van der Waals surface area contributed by atoms with E-state index in [0.29, 0.717) is 11.7 Å². The quantitative estimate of drug-likeness (QED) is 0.804. The zero-order valence-electron chi connectivity index (χ0n) is 10.6. The van der Waals surface area contributed by atoms with Crippen LogP contribution in [0, 0.1) is 6.92 Å². The standard InChI is InChI=1S/C13H15BrN2O2/c1-4-10(14)13-15-12(16-18-13)9-6-5-8(2)7-11(9)17-3/h5-7,10H,4H2,1-3H3. The summed E-state index contributed by atoms with van der Waals surface area (Å²) >= 11 is 3.49. The average molecular weight is 311 g/mol. The van der Waals surface area contributed by atoms with Crippen LogP contribution in [0.1, 0.15) is 29.6 Å². The van der Waals surface area contributed by atoms with Gasteiger partial charge in [-0.05, 0) is 31.0 Å². The molecule has 1 atom stereocenters. The smallest absolute Gasteiger partial charge is 0.240 e. The van der Waals surface area contributed by atoms with Gasteiger partial charge in [-0.2, -0.15) is 4.98 Å². The second kappa shape index (κ2) is 5.52. The third kappa shape index (κ3) is 2.56. The topological polar surface area (TPSA) is 48.2 Å². The lowest BCUT2D eigenvalue weighted by atomic mass is 10.1. The van der Waals surface area contributed by atoms with Crippen molar-refractivity contribution in [3.63, 3.8) is 0 Å². The maximum atomic E-state index is 5.34. The van der Waals surface area contributed by atoms with Gasteiger partial charge in [-0.1, -0.05) is 34.1 Å². The Kier molecular flexibility index (Phi) is 4.01. The number of alkyl halides is 1. The van der Waals surface area contributed by atoms with E-state index in [9.17, 15) is 0 Å². The minimum atomic E-state index is 0.0928. The van der Waals surface area contributed by atoms with Crippen molar-refractivity contribution in [3.8, 4) is 17.1 Å². The molecule has 0 aliphatic heterocycles. The Labute approximate surface area is 114 Å². The molecule has 1 unspecified atom stereocenters. The molecule has 4 nitrogen and oxygen atoms in total. The van der Waals surface area contributed by atoms with Gasteiger partial charge in [-0.15, -0.1) is 0 Å². The Hall–Kier alpha value is -1.36. The molecule has 2 rings (SSSR count). The third-order valence-corrected chi connectivity index (χ3v) is 3.71. The van der Waals surface area contributed by atoms with E-state index in [2.05, 4.69) is 33.0 Å². The van der Waals surface area contributed by atoms with Gasteiger partial charge in [-0.25, -0.2) is 0 Å². The minimum Gasteiger partial charge on any atom is -0.496 e. The van der Waals surface area contributed by atoms with Gasteiger partial charge in [0.05, 0.1) is 17.5 Å². The highest BCUT2D eigenvalue weighted by molar-refractivity contribution is 9.09. The average Bonchev–Trinajstić information content (AvgIpc) is 2.87. The van der Waals surface area contributed by atoms with Crippen LogP contribution >= 0.6 is 15.9 Å². The normalized spacial score (nSPS) is 12.4. The van der Waals surface area contributed by atoms with Crippen molar-refractivity contribution in [2.75, 3.05) is 7.11 Å². The number of hydrogen-bond acceptors (Lipinski definition) is 4. The summed E-state index contributed by atoms with van der Waals surface area (Å²) < 4.78 is 10.6. The van der Waals surface area contributed by atoms with Crippen LogP contribution in [-0.4, -0.2) is 17.3 Å². The number of aromatic nitrogens is 2. The lowest BCUT2D eigenvalue weighted by Crippen LogP contribution is -1.91. The lowest BCUT2D eigenvalue weighted by molar-refractivity contribution is 0.376. The van der Waals surface area contributed by atoms with Gasteiger partial charge in [0.15, 0.2) is 0 Å². The number of benzene rings is 1. The molecule has 0 fully saturated rings. The fourth-order valence-electron chi connectivity index (χ4n) is 1.63. The molecule has 1 aromatic carbocycles. The molecule has 1 aromatic heterocycles. The van der Waals surface area contributed by atoms with Gasteiger partial charge in [0.25, 0.3) is 0 Å². The van der Waals surface area contributed by atoms with Gasteiger partial charge >= 0.3 is 0 Å². The summed E-state index contributed by atoms with van der Waals surface area (Å²) in [5, 5.41) is 4.00. The van der Waals surface area contributed by atoms with E-state index in [4.69, 9.17) is 9.26 Å². The number of hydrogen-bond donors (Lipinski definition) is 0.